The Morgan fingerprint density at radius 2 is 2.27 bits per heavy atom. The number of rotatable bonds is 3. The normalized spacial score (nSPS) is 19.8. The molecule has 1 aromatic carbocycles. The molecule has 1 unspecified atom stereocenters. The minimum atomic E-state index is -0.159. The maximum atomic E-state index is 9.63. The Kier molecular flexibility index (Phi) is 2.87. The first-order valence-corrected chi connectivity index (χ1v) is 4.99. The van der Waals surface area contributed by atoms with Crippen LogP contribution in [0.15, 0.2) is 29.3 Å². The van der Waals surface area contributed by atoms with Crippen molar-refractivity contribution in [1.29, 1.82) is 0 Å². The Morgan fingerprint density at radius 1 is 1.47 bits per heavy atom. The van der Waals surface area contributed by atoms with Gasteiger partial charge in [0.2, 0.25) is 0 Å². The molecule has 0 radical (unpaired) electrons. The van der Waals surface area contributed by atoms with Crippen LogP contribution in [-0.4, -0.2) is 24.1 Å². The Labute approximate surface area is 88.4 Å². The molecule has 0 spiro atoms. The first kappa shape index (κ1) is 9.98. The predicted octanol–water partition coefficient (Wildman–Crippen LogP) is 1.21. The lowest BCUT2D eigenvalue weighted by atomic mass is 10.1. The molecule has 0 aliphatic carbocycles. The van der Waals surface area contributed by atoms with Gasteiger partial charge in [0.05, 0.1) is 6.54 Å². The molecule has 15 heavy (non-hydrogen) atoms. The summed E-state index contributed by atoms with van der Waals surface area (Å²) in [6.45, 7) is 1.10. The summed E-state index contributed by atoms with van der Waals surface area (Å²) in [5, 5.41) is 9.63. The smallest absolute Gasteiger partial charge is 0.185 e. The number of aliphatic imine (C=N–C) groups is 1. The van der Waals surface area contributed by atoms with Crippen LogP contribution >= 0.6 is 0 Å². The van der Waals surface area contributed by atoms with Crippen LogP contribution in [0.2, 0.25) is 0 Å². The van der Waals surface area contributed by atoms with Crippen LogP contribution in [0.4, 0.5) is 0 Å². The van der Waals surface area contributed by atoms with Crippen molar-refractivity contribution in [2.75, 3.05) is 13.1 Å². The molecule has 1 atom stereocenters. The molecule has 0 saturated heterocycles. The number of benzene rings is 1. The number of aromatic hydroxyl groups is 1. The molecule has 0 fully saturated rings. The van der Waals surface area contributed by atoms with Gasteiger partial charge in [0, 0.05) is 18.5 Å². The number of para-hydroxylation sites is 1. The first-order valence-electron chi connectivity index (χ1n) is 4.99. The Hall–Kier alpha value is -1.55. The van der Waals surface area contributed by atoms with Gasteiger partial charge in [0.15, 0.2) is 5.90 Å². The van der Waals surface area contributed by atoms with Gasteiger partial charge in [-0.3, -0.25) is 4.99 Å². The largest absolute Gasteiger partial charge is 0.508 e. The van der Waals surface area contributed by atoms with E-state index in [0.29, 0.717) is 25.4 Å². The van der Waals surface area contributed by atoms with E-state index in [1.54, 1.807) is 12.1 Å². The maximum absolute atomic E-state index is 9.63. The standard InChI is InChI=1S/C11H14N2O2/c12-6-5-11-13-7-10(15-11)8-3-1-2-4-9(8)14/h1-4,10,14H,5-7,12H2. The van der Waals surface area contributed by atoms with Crippen molar-refractivity contribution in [2.45, 2.75) is 12.5 Å². The molecular formula is C11H14N2O2. The number of hydrogen-bond donors (Lipinski definition) is 2. The van der Waals surface area contributed by atoms with E-state index in [1.165, 1.54) is 0 Å². The highest BCUT2D eigenvalue weighted by atomic mass is 16.5. The second-order valence-corrected chi connectivity index (χ2v) is 3.44. The number of ether oxygens (including phenoxy) is 1. The van der Waals surface area contributed by atoms with Crippen molar-refractivity contribution in [3.05, 3.63) is 29.8 Å². The number of nitrogens with two attached hydrogens (primary N) is 1. The third-order valence-electron chi connectivity index (χ3n) is 2.35. The molecule has 4 heteroatoms. The van der Waals surface area contributed by atoms with E-state index in [9.17, 15) is 5.11 Å². The van der Waals surface area contributed by atoms with E-state index in [4.69, 9.17) is 10.5 Å². The second kappa shape index (κ2) is 4.31. The highest BCUT2D eigenvalue weighted by molar-refractivity contribution is 5.78. The van der Waals surface area contributed by atoms with E-state index in [1.807, 2.05) is 12.1 Å². The van der Waals surface area contributed by atoms with E-state index < -0.39 is 0 Å². The molecule has 1 aliphatic rings. The minimum absolute atomic E-state index is 0.159. The zero-order valence-corrected chi connectivity index (χ0v) is 8.39. The lowest BCUT2D eigenvalue weighted by Gasteiger charge is -2.12. The average molecular weight is 206 g/mol. The van der Waals surface area contributed by atoms with Gasteiger partial charge in [-0.2, -0.15) is 0 Å². The minimum Gasteiger partial charge on any atom is -0.508 e. The van der Waals surface area contributed by atoms with Gasteiger partial charge >= 0.3 is 0 Å². The van der Waals surface area contributed by atoms with Crippen LogP contribution in [0.5, 0.6) is 5.75 Å². The topological polar surface area (TPSA) is 67.8 Å². The number of hydrogen-bond acceptors (Lipinski definition) is 4. The summed E-state index contributed by atoms with van der Waals surface area (Å²) in [7, 11) is 0. The Morgan fingerprint density at radius 3 is 3.00 bits per heavy atom. The molecule has 1 aliphatic heterocycles. The van der Waals surface area contributed by atoms with Gasteiger partial charge in [-0.15, -0.1) is 0 Å². The van der Waals surface area contributed by atoms with Crippen LogP contribution in [0, 0.1) is 0 Å². The molecule has 1 aromatic rings. The zero-order valence-electron chi connectivity index (χ0n) is 8.39. The van der Waals surface area contributed by atoms with Crippen molar-refractivity contribution in [3.63, 3.8) is 0 Å². The average Bonchev–Trinajstić information content (AvgIpc) is 2.68. The zero-order chi connectivity index (χ0) is 10.7. The van der Waals surface area contributed by atoms with Gasteiger partial charge in [0.1, 0.15) is 11.9 Å². The van der Waals surface area contributed by atoms with E-state index >= 15 is 0 Å². The number of phenolic OH excluding ortho intramolecular Hbond substituents is 1. The summed E-state index contributed by atoms with van der Waals surface area (Å²) >= 11 is 0. The third kappa shape index (κ3) is 2.10. The summed E-state index contributed by atoms with van der Waals surface area (Å²) in [4.78, 5) is 4.23. The Balaban J connectivity index is 2.07. The van der Waals surface area contributed by atoms with E-state index in [0.717, 1.165) is 5.56 Å². The lowest BCUT2D eigenvalue weighted by Crippen LogP contribution is -2.10. The van der Waals surface area contributed by atoms with Gasteiger partial charge in [-0.05, 0) is 6.07 Å². The summed E-state index contributed by atoms with van der Waals surface area (Å²) in [5.41, 5.74) is 6.20. The monoisotopic (exact) mass is 206 g/mol. The fraction of sp³-hybridized carbons (Fsp3) is 0.364. The van der Waals surface area contributed by atoms with Crippen LogP contribution in [0.1, 0.15) is 18.1 Å². The number of phenols is 1. The van der Waals surface area contributed by atoms with Crippen LogP contribution in [0.3, 0.4) is 0 Å². The van der Waals surface area contributed by atoms with Gasteiger partial charge < -0.3 is 15.6 Å². The van der Waals surface area contributed by atoms with E-state index in [-0.39, 0.29) is 11.9 Å². The van der Waals surface area contributed by atoms with Crippen molar-refractivity contribution in [2.24, 2.45) is 10.7 Å². The molecule has 3 N–H and O–H groups in total. The summed E-state index contributed by atoms with van der Waals surface area (Å²) in [6, 6.07) is 7.16. The molecular weight excluding hydrogens is 192 g/mol. The molecule has 0 amide bonds. The molecule has 0 bridgehead atoms. The van der Waals surface area contributed by atoms with Gasteiger partial charge in [-0.1, -0.05) is 18.2 Å². The highest BCUT2D eigenvalue weighted by Crippen LogP contribution is 2.29. The molecule has 0 saturated carbocycles. The summed E-state index contributed by atoms with van der Waals surface area (Å²) < 4.78 is 5.58. The summed E-state index contributed by atoms with van der Waals surface area (Å²) in [5.74, 6) is 0.942. The van der Waals surface area contributed by atoms with Crippen molar-refractivity contribution in [1.82, 2.24) is 0 Å². The van der Waals surface area contributed by atoms with Crippen LogP contribution in [0.25, 0.3) is 0 Å². The van der Waals surface area contributed by atoms with E-state index in [2.05, 4.69) is 4.99 Å². The third-order valence-corrected chi connectivity index (χ3v) is 2.35. The van der Waals surface area contributed by atoms with Crippen molar-refractivity contribution < 1.29 is 9.84 Å². The Bertz CT molecular complexity index is 377. The fourth-order valence-corrected chi connectivity index (χ4v) is 1.61. The van der Waals surface area contributed by atoms with Gasteiger partial charge in [0.25, 0.3) is 0 Å². The highest BCUT2D eigenvalue weighted by Gasteiger charge is 2.22. The molecule has 1 heterocycles. The summed E-state index contributed by atoms with van der Waals surface area (Å²) in [6.07, 6.45) is 0.497. The molecule has 2 rings (SSSR count). The molecule has 4 nitrogen and oxygen atoms in total. The first-order chi connectivity index (χ1) is 7.31. The maximum Gasteiger partial charge on any atom is 0.185 e. The SMILES string of the molecule is NCCC1=NCC(c2ccccc2O)O1. The second-order valence-electron chi connectivity index (χ2n) is 3.44. The van der Waals surface area contributed by atoms with Crippen LogP contribution < -0.4 is 5.73 Å². The van der Waals surface area contributed by atoms with Crippen molar-refractivity contribution in [3.8, 4) is 5.75 Å². The van der Waals surface area contributed by atoms with Crippen LogP contribution in [-0.2, 0) is 4.74 Å². The van der Waals surface area contributed by atoms with Crippen molar-refractivity contribution >= 4 is 5.90 Å². The van der Waals surface area contributed by atoms with Gasteiger partial charge in [-0.25, -0.2) is 0 Å². The lowest BCUT2D eigenvalue weighted by molar-refractivity contribution is 0.219. The fourth-order valence-electron chi connectivity index (χ4n) is 1.61. The molecule has 80 valence electrons. The molecule has 0 aromatic heterocycles. The number of nitrogens with zero attached hydrogens (tertiary/aromatic N) is 1. The quantitative estimate of drug-likeness (QED) is 0.781. The predicted molar refractivity (Wildman–Crippen MR) is 57.9 cm³/mol.